The van der Waals surface area contributed by atoms with Crippen LogP contribution in [0.15, 0.2) is 107 Å². The van der Waals surface area contributed by atoms with Gasteiger partial charge in [0.2, 0.25) is 5.91 Å². The largest absolute Gasteiger partial charge is 0.444 e. The molecule has 0 saturated carbocycles. The lowest BCUT2D eigenvalue weighted by Crippen LogP contribution is -2.33. The van der Waals surface area contributed by atoms with Crippen molar-refractivity contribution < 1.29 is 22.7 Å². The third-order valence-electron chi connectivity index (χ3n) is 9.32. The van der Waals surface area contributed by atoms with Crippen LogP contribution in [0, 0.1) is 0 Å². The Hall–Kier alpha value is -5.29. The lowest BCUT2D eigenvalue weighted by atomic mass is 10.0. The van der Waals surface area contributed by atoms with Crippen LogP contribution in [-0.2, 0) is 39.1 Å². The first-order chi connectivity index (χ1) is 25.2. The molecule has 0 unspecified atom stereocenters. The topological polar surface area (TPSA) is 128 Å². The minimum atomic E-state index is -4.12. The van der Waals surface area contributed by atoms with E-state index in [0.717, 1.165) is 43.2 Å². The first-order valence-corrected chi connectivity index (χ1v) is 19.5. The van der Waals surface area contributed by atoms with Gasteiger partial charge >= 0.3 is 6.09 Å². The molecule has 1 aromatic heterocycles. The number of carbonyl (C=O) groups is 2. The third-order valence-corrected chi connectivity index (χ3v) is 10.8. The Morgan fingerprint density at radius 3 is 2.38 bits per heavy atom. The minimum Gasteiger partial charge on any atom is -0.444 e. The maximum Gasteiger partial charge on any atom is 0.414 e. The summed E-state index contributed by atoms with van der Waals surface area (Å²) in [5.74, 6) is 0.124. The van der Waals surface area contributed by atoms with E-state index in [-0.39, 0.29) is 30.0 Å². The zero-order chi connectivity index (χ0) is 36.5. The fourth-order valence-corrected chi connectivity index (χ4v) is 7.73. The van der Waals surface area contributed by atoms with Crippen molar-refractivity contribution >= 4 is 38.6 Å². The van der Waals surface area contributed by atoms with E-state index in [0.29, 0.717) is 59.3 Å². The van der Waals surface area contributed by atoms with Gasteiger partial charge in [0.05, 0.1) is 22.3 Å². The number of unbranched alkanes of at least 4 members (excludes halogenated alkanes) is 1. The number of ether oxygens (including phenoxy) is 1. The first kappa shape index (κ1) is 36.5. The lowest BCUT2D eigenvalue weighted by molar-refractivity contribution is -0.119. The SMILES string of the molecule is CCCCc1nc2ccc3cc2c(=O)n1Cc1ccc(cc1)-c1ccccc1S(=O)(=O)NC(=O)CCCCCCCN3C(=O)OCc1ccccc1. The van der Waals surface area contributed by atoms with Gasteiger partial charge < -0.3 is 4.74 Å². The molecule has 0 aliphatic carbocycles. The second-order valence-electron chi connectivity index (χ2n) is 13.2. The second-order valence-corrected chi connectivity index (χ2v) is 14.8. The van der Waals surface area contributed by atoms with Crippen LogP contribution in [0.25, 0.3) is 22.0 Å². The molecule has 3 heterocycles. The molecular weight excluding hydrogens is 677 g/mol. The molecule has 11 heteroatoms. The summed E-state index contributed by atoms with van der Waals surface area (Å²) in [6, 6.07) is 28.8. The summed E-state index contributed by atoms with van der Waals surface area (Å²) in [6.45, 7) is 2.82. The molecular formula is C41H44N4O6S. The molecule has 0 fully saturated rings. The van der Waals surface area contributed by atoms with Crippen molar-refractivity contribution in [3.8, 4) is 11.1 Å². The van der Waals surface area contributed by atoms with E-state index in [1.807, 2.05) is 60.7 Å². The molecule has 2 amide bonds. The van der Waals surface area contributed by atoms with Crippen LogP contribution in [0.3, 0.4) is 0 Å². The van der Waals surface area contributed by atoms with Crippen molar-refractivity contribution in [3.63, 3.8) is 0 Å². The number of rotatable bonds is 5. The Balaban J connectivity index is 1.39. The Labute approximate surface area is 304 Å². The number of nitrogens with one attached hydrogen (secondary N) is 1. The Morgan fingerprint density at radius 2 is 1.60 bits per heavy atom. The molecule has 0 spiro atoms. The number of hydrogen-bond donors (Lipinski definition) is 1. The maximum absolute atomic E-state index is 14.3. The van der Waals surface area contributed by atoms with Crippen LogP contribution in [-0.4, -0.2) is 36.5 Å². The van der Waals surface area contributed by atoms with Gasteiger partial charge in [-0.3, -0.25) is 19.1 Å². The maximum atomic E-state index is 14.3. The average molecular weight is 721 g/mol. The number of hydrogen-bond acceptors (Lipinski definition) is 7. The molecule has 4 aromatic carbocycles. The normalized spacial score (nSPS) is 15.3. The van der Waals surface area contributed by atoms with Gasteiger partial charge in [-0.25, -0.2) is 22.9 Å². The van der Waals surface area contributed by atoms with Gasteiger partial charge in [0, 0.05) is 30.6 Å². The van der Waals surface area contributed by atoms with E-state index in [9.17, 15) is 22.8 Å². The second kappa shape index (κ2) is 16.8. The number of benzene rings is 4. The van der Waals surface area contributed by atoms with Crippen LogP contribution in [0.5, 0.6) is 0 Å². The number of carbonyl (C=O) groups excluding carboxylic acids is 2. The van der Waals surface area contributed by atoms with Crippen LogP contribution in [0.4, 0.5) is 10.5 Å². The highest BCUT2D eigenvalue weighted by atomic mass is 32.2. The quantitative estimate of drug-likeness (QED) is 0.197. The summed E-state index contributed by atoms with van der Waals surface area (Å²) in [5, 5.41) is 0.407. The molecule has 0 saturated heterocycles. The molecule has 10 nitrogen and oxygen atoms in total. The van der Waals surface area contributed by atoms with Crippen molar-refractivity contribution in [3.05, 3.63) is 124 Å². The molecule has 2 aliphatic heterocycles. The van der Waals surface area contributed by atoms with Crippen molar-refractivity contribution in [2.24, 2.45) is 0 Å². The Morgan fingerprint density at radius 1 is 0.865 bits per heavy atom. The zero-order valence-corrected chi connectivity index (χ0v) is 30.2. The standard InChI is InChI=1S/C41H44N4O6S/c1-2-3-18-38-42-36-25-24-33-27-35(36)40(47)45(38)28-30-20-22-32(23-21-30)34-16-11-12-17-37(34)52(49,50)43-39(46)19-10-5-4-6-13-26-44(33)41(48)51-29-31-14-8-7-9-15-31/h7-9,11-12,14-17,20-25,27H,2-6,10,13,18-19,26,28-29H2,1H3,(H,43,46). The predicted octanol–water partition coefficient (Wildman–Crippen LogP) is 7.76. The molecule has 1 N–H and O–H groups in total. The Kier molecular flexibility index (Phi) is 11.8. The van der Waals surface area contributed by atoms with Crippen molar-refractivity contribution in [1.29, 1.82) is 0 Å². The van der Waals surface area contributed by atoms with Crippen molar-refractivity contribution in [2.75, 3.05) is 11.4 Å². The van der Waals surface area contributed by atoms with Gasteiger partial charge in [0.25, 0.3) is 15.6 Å². The van der Waals surface area contributed by atoms with E-state index in [1.54, 1.807) is 39.8 Å². The summed E-state index contributed by atoms with van der Waals surface area (Å²) in [6.07, 6.45) is 5.45. The van der Waals surface area contributed by atoms with Crippen LogP contribution in [0.1, 0.15) is 75.2 Å². The van der Waals surface area contributed by atoms with Gasteiger partial charge in [0.1, 0.15) is 12.4 Å². The van der Waals surface area contributed by atoms with Crippen LogP contribution >= 0.6 is 0 Å². The summed E-state index contributed by atoms with van der Waals surface area (Å²) >= 11 is 0. The average Bonchev–Trinajstić information content (AvgIpc) is 3.15. The number of amides is 2. The highest BCUT2D eigenvalue weighted by Crippen LogP contribution is 2.28. The van der Waals surface area contributed by atoms with E-state index >= 15 is 0 Å². The van der Waals surface area contributed by atoms with Crippen molar-refractivity contribution in [1.82, 2.24) is 14.3 Å². The summed E-state index contributed by atoms with van der Waals surface area (Å²) in [7, 11) is -4.12. The summed E-state index contributed by atoms with van der Waals surface area (Å²) in [4.78, 5) is 47.2. The fourth-order valence-electron chi connectivity index (χ4n) is 6.49. The molecule has 7 rings (SSSR count). The van der Waals surface area contributed by atoms with Gasteiger partial charge in [-0.15, -0.1) is 0 Å². The predicted molar refractivity (Wildman–Crippen MR) is 203 cm³/mol. The first-order valence-electron chi connectivity index (χ1n) is 18.0. The highest BCUT2D eigenvalue weighted by molar-refractivity contribution is 7.90. The van der Waals surface area contributed by atoms with Gasteiger partial charge in [-0.1, -0.05) is 105 Å². The molecule has 2 aliphatic rings. The number of aromatic nitrogens is 2. The van der Waals surface area contributed by atoms with E-state index < -0.39 is 22.0 Å². The van der Waals surface area contributed by atoms with Gasteiger partial charge in [0.15, 0.2) is 0 Å². The van der Waals surface area contributed by atoms with Gasteiger partial charge in [-0.05, 0) is 60.2 Å². The van der Waals surface area contributed by atoms with Crippen LogP contribution in [0.2, 0.25) is 0 Å². The van der Waals surface area contributed by atoms with E-state index in [4.69, 9.17) is 9.72 Å². The number of fused-ring (bicyclic) bond motifs is 12. The number of anilines is 1. The molecule has 5 aromatic rings. The number of nitrogens with zero attached hydrogens (tertiary/aromatic N) is 3. The van der Waals surface area contributed by atoms with Gasteiger partial charge in [-0.2, -0.15) is 0 Å². The molecule has 0 radical (unpaired) electrons. The van der Waals surface area contributed by atoms with Crippen LogP contribution < -0.4 is 15.2 Å². The fraction of sp³-hybridized carbons (Fsp3) is 0.317. The minimum absolute atomic E-state index is 0.0222. The number of aryl methyl sites for hydroxylation is 1. The zero-order valence-electron chi connectivity index (χ0n) is 29.4. The van der Waals surface area contributed by atoms with Crippen molar-refractivity contribution in [2.45, 2.75) is 82.8 Å². The monoisotopic (exact) mass is 720 g/mol. The number of sulfonamides is 1. The smallest absolute Gasteiger partial charge is 0.414 e. The lowest BCUT2D eigenvalue weighted by Gasteiger charge is -2.23. The van der Waals surface area contributed by atoms with E-state index in [2.05, 4.69) is 11.6 Å². The third kappa shape index (κ3) is 8.77. The molecule has 0 atom stereocenters. The van der Waals surface area contributed by atoms with E-state index in [1.165, 1.54) is 6.07 Å². The highest BCUT2D eigenvalue weighted by Gasteiger charge is 2.23. The molecule has 270 valence electrons. The Bertz CT molecular complexity index is 2200. The molecule has 5 bridgehead atoms. The molecule has 52 heavy (non-hydrogen) atoms. The summed E-state index contributed by atoms with van der Waals surface area (Å²) < 4.78 is 36.5. The summed E-state index contributed by atoms with van der Waals surface area (Å²) in [5.41, 5.74) is 3.75.